The fourth-order valence-corrected chi connectivity index (χ4v) is 3.34. The molecule has 2 aliphatic heterocycles. The third kappa shape index (κ3) is 3.11. The maximum absolute atomic E-state index is 12.8. The Kier molecular flexibility index (Phi) is 4.27. The molecule has 1 aromatic carbocycles. The zero-order valence-electron chi connectivity index (χ0n) is 12.6. The standard InChI is InChI=1S/C17H24N2O2/c1-12-4-6-13(7-5-12)16-15(3-2-10-21-16)17(20)19-9-8-14(18)11-19/h4-7,14-16H,2-3,8-11,18H2,1H3/t14-,15-,16+/m1/s1. The summed E-state index contributed by atoms with van der Waals surface area (Å²) in [5.74, 6) is 0.153. The molecule has 21 heavy (non-hydrogen) atoms. The van der Waals surface area contributed by atoms with E-state index < -0.39 is 0 Å². The second-order valence-electron chi connectivity index (χ2n) is 6.28. The molecule has 0 spiro atoms. The van der Waals surface area contributed by atoms with Gasteiger partial charge in [0.05, 0.1) is 12.0 Å². The number of ether oxygens (including phenoxy) is 1. The van der Waals surface area contributed by atoms with E-state index in [9.17, 15) is 4.79 Å². The van der Waals surface area contributed by atoms with Crippen LogP contribution >= 0.6 is 0 Å². The fraction of sp³-hybridized carbons (Fsp3) is 0.588. The van der Waals surface area contributed by atoms with E-state index in [4.69, 9.17) is 10.5 Å². The number of carbonyl (C=O) groups is 1. The van der Waals surface area contributed by atoms with Crippen LogP contribution in [-0.2, 0) is 9.53 Å². The number of amides is 1. The Hall–Kier alpha value is -1.39. The molecule has 3 atom stereocenters. The van der Waals surface area contributed by atoms with Crippen molar-refractivity contribution in [3.63, 3.8) is 0 Å². The summed E-state index contributed by atoms with van der Waals surface area (Å²) in [6.07, 6.45) is 2.67. The van der Waals surface area contributed by atoms with Crippen LogP contribution in [-0.4, -0.2) is 36.5 Å². The molecule has 0 aliphatic carbocycles. The number of carbonyl (C=O) groups excluding carboxylic acids is 1. The lowest BCUT2D eigenvalue weighted by Gasteiger charge is -2.33. The van der Waals surface area contributed by atoms with E-state index >= 15 is 0 Å². The van der Waals surface area contributed by atoms with Gasteiger partial charge in [0.2, 0.25) is 5.91 Å². The minimum Gasteiger partial charge on any atom is -0.373 e. The van der Waals surface area contributed by atoms with Gasteiger partial charge in [-0.15, -0.1) is 0 Å². The highest BCUT2D eigenvalue weighted by molar-refractivity contribution is 5.80. The summed E-state index contributed by atoms with van der Waals surface area (Å²) in [7, 11) is 0. The average molecular weight is 288 g/mol. The van der Waals surface area contributed by atoms with Gasteiger partial charge in [0.15, 0.2) is 0 Å². The van der Waals surface area contributed by atoms with Crippen LogP contribution in [0.5, 0.6) is 0 Å². The number of hydrogen-bond donors (Lipinski definition) is 1. The molecule has 4 nitrogen and oxygen atoms in total. The van der Waals surface area contributed by atoms with Crippen molar-refractivity contribution in [1.29, 1.82) is 0 Å². The van der Waals surface area contributed by atoms with E-state index in [1.807, 2.05) is 4.90 Å². The molecule has 3 rings (SSSR count). The molecule has 2 saturated heterocycles. The first kappa shape index (κ1) is 14.5. The van der Waals surface area contributed by atoms with Gasteiger partial charge in [0, 0.05) is 25.7 Å². The summed E-state index contributed by atoms with van der Waals surface area (Å²) in [5.41, 5.74) is 8.27. The summed E-state index contributed by atoms with van der Waals surface area (Å²) < 4.78 is 5.95. The molecule has 1 amide bonds. The van der Waals surface area contributed by atoms with E-state index in [0.29, 0.717) is 6.54 Å². The molecule has 0 aromatic heterocycles. The highest BCUT2D eigenvalue weighted by Gasteiger charge is 2.37. The Labute approximate surface area is 126 Å². The van der Waals surface area contributed by atoms with Crippen LogP contribution in [0.4, 0.5) is 0 Å². The normalized spacial score (nSPS) is 29.6. The van der Waals surface area contributed by atoms with Gasteiger partial charge in [-0.2, -0.15) is 0 Å². The van der Waals surface area contributed by atoms with Crippen LogP contribution in [0.2, 0.25) is 0 Å². The number of nitrogens with zero attached hydrogens (tertiary/aromatic N) is 1. The van der Waals surface area contributed by atoms with Crippen LogP contribution in [0, 0.1) is 12.8 Å². The highest BCUT2D eigenvalue weighted by Crippen LogP contribution is 2.35. The Balaban J connectivity index is 1.78. The molecule has 0 saturated carbocycles. The van der Waals surface area contributed by atoms with Crippen molar-refractivity contribution in [1.82, 2.24) is 4.90 Å². The second-order valence-corrected chi connectivity index (χ2v) is 6.28. The Morgan fingerprint density at radius 1 is 1.29 bits per heavy atom. The molecule has 114 valence electrons. The van der Waals surface area contributed by atoms with Gasteiger partial charge in [-0.05, 0) is 31.7 Å². The molecule has 2 aliphatic rings. The molecule has 1 aromatic rings. The van der Waals surface area contributed by atoms with Gasteiger partial charge in [-0.3, -0.25) is 4.79 Å². The number of aryl methyl sites for hydroxylation is 1. The predicted octanol–water partition coefficient (Wildman–Crippen LogP) is 2.02. The topological polar surface area (TPSA) is 55.6 Å². The van der Waals surface area contributed by atoms with Crippen LogP contribution in [0.25, 0.3) is 0 Å². The minimum atomic E-state index is -0.108. The monoisotopic (exact) mass is 288 g/mol. The van der Waals surface area contributed by atoms with Crippen molar-refractivity contribution in [3.8, 4) is 0 Å². The van der Waals surface area contributed by atoms with Gasteiger partial charge in [0.1, 0.15) is 0 Å². The summed E-state index contributed by atoms with van der Waals surface area (Å²) in [5, 5.41) is 0. The lowest BCUT2D eigenvalue weighted by molar-refractivity contribution is -0.144. The van der Waals surface area contributed by atoms with E-state index in [0.717, 1.165) is 38.0 Å². The summed E-state index contributed by atoms with van der Waals surface area (Å²) in [6, 6.07) is 8.47. The Morgan fingerprint density at radius 3 is 2.71 bits per heavy atom. The van der Waals surface area contributed by atoms with Crippen LogP contribution in [0.1, 0.15) is 36.5 Å². The average Bonchev–Trinajstić information content (AvgIpc) is 2.94. The molecule has 2 heterocycles. The smallest absolute Gasteiger partial charge is 0.228 e. The van der Waals surface area contributed by atoms with Gasteiger partial charge in [0.25, 0.3) is 0 Å². The third-order valence-corrected chi connectivity index (χ3v) is 4.58. The van der Waals surface area contributed by atoms with E-state index in [1.165, 1.54) is 5.56 Å². The molecule has 2 N–H and O–H groups in total. The maximum atomic E-state index is 12.8. The second kappa shape index (κ2) is 6.16. The maximum Gasteiger partial charge on any atom is 0.228 e. The zero-order chi connectivity index (χ0) is 14.8. The summed E-state index contributed by atoms with van der Waals surface area (Å²) in [6.45, 7) is 4.29. The van der Waals surface area contributed by atoms with Crippen molar-refractivity contribution in [2.75, 3.05) is 19.7 Å². The van der Waals surface area contributed by atoms with Crippen molar-refractivity contribution in [3.05, 3.63) is 35.4 Å². The summed E-state index contributed by atoms with van der Waals surface area (Å²) >= 11 is 0. The zero-order valence-corrected chi connectivity index (χ0v) is 12.6. The van der Waals surface area contributed by atoms with Crippen molar-refractivity contribution < 1.29 is 9.53 Å². The van der Waals surface area contributed by atoms with Crippen LogP contribution in [0.3, 0.4) is 0 Å². The van der Waals surface area contributed by atoms with Crippen LogP contribution in [0.15, 0.2) is 24.3 Å². The van der Waals surface area contributed by atoms with E-state index in [2.05, 4.69) is 31.2 Å². The van der Waals surface area contributed by atoms with Crippen LogP contribution < -0.4 is 5.73 Å². The minimum absolute atomic E-state index is 0.0632. The first-order chi connectivity index (χ1) is 10.1. The first-order valence-corrected chi connectivity index (χ1v) is 7.87. The molecular weight excluding hydrogens is 264 g/mol. The van der Waals surface area contributed by atoms with Crippen molar-refractivity contribution in [2.24, 2.45) is 11.7 Å². The van der Waals surface area contributed by atoms with Gasteiger partial charge in [-0.25, -0.2) is 0 Å². The lowest BCUT2D eigenvalue weighted by atomic mass is 9.88. The fourth-order valence-electron chi connectivity index (χ4n) is 3.34. The summed E-state index contributed by atoms with van der Waals surface area (Å²) in [4.78, 5) is 14.7. The van der Waals surface area contributed by atoms with Crippen molar-refractivity contribution >= 4 is 5.91 Å². The third-order valence-electron chi connectivity index (χ3n) is 4.58. The molecule has 0 unspecified atom stereocenters. The van der Waals surface area contributed by atoms with Gasteiger partial charge < -0.3 is 15.4 Å². The highest BCUT2D eigenvalue weighted by atomic mass is 16.5. The lowest BCUT2D eigenvalue weighted by Crippen LogP contribution is -2.40. The Morgan fingerprint density at radius 2 is 2.05 bits per heavy atom. The van der Waals surface area contributed by atoms with Crippen molar-refractivity contribution in [2.45, 2.75) is 38.3 Å². The molecule has 2 fully saturated rings. The number of likely N-dealkylation sites (tertiary alicyclic amines) is 1. The Bertz CT molecular complexity index is 500. The number of rotatable bonds is 2. The first-order valence-electron chi connectivity index (χ1n) is 7.87. The largest absolute Gasteiger partial charge is 0.373 e. The van der Waals surface area contributed by atoms with Gasteiger partial charge >= 0.3 is 0 Å². The van der Waals surface area contributed by atoms with E-state index in [-0.39, 0.29) is 24.0 Å². The molecule has 0 radical (unpaired) electrons. The number of hydrogen-bond acceptors (Lipinski definition) is 3. The molecular formula is C17H24N2O2. The quantitative estimate of drug-likeness (QED) is 0.906. The van der Waals surface area contributed by atoms with E-state index in [1.54, 1.807) is 0 Å². The SMILES string of the molecule is Cc1ccc([C@@H]2OCCC[C@H]2C(=O)N2CC[C@@H](N)C2)cc1. The predicted molar refractivity (Wildman–Crippen MR) is 81.8 cm³/mol. The van der Waals surface area contributed by atoms with Gasteiger partial charge in [-0.1, -0.05) is 29.8 Å². The molecule has 0 bridgehead atoms. The molecule has 4 heteroatoms. The number of nitrogens with two attached hydrogens (primary N) is 1. The number of benzene rings is 1.